The molecule has 2 amide bonds. The van der Waals surface area contributed by atoms with Gasteiger partial charge in [-0.25, -0.2) is 4.79 Å². The molecule has 8 aromatic rings. The molecule has 0 radical (unpaired) electrons. The molecule has 0 spiro atoms. The molecule has 380 valence electrons. The third kappa shape index (κ3) is 14.9. The van der Waals surface area contributed by atoms with Gasteiger partial charge in [-0.15, -0.1) is 0 Å². The van der Waals surface area contributed by atoms with Crippen molar-refractivity contribution < 1.29 is 27.8 Å². The quantitative estimate of drug-likeness (QED) is 0.0523. The van der Waals surface area contributed by atoms with E-state index in [4.69, 9.17) is 23.0 Å². The molecule has 73 heavy (non-hydrogen) atoms. The SMILES string of the molecule is Cc1cc(=O)nc(NC(=O)Nc2ccc(-c3cc(-c4cc(-c5cc(-c6ccc(OCC[C@H](C)CCCC(C)C)cc6)no5)cc(-c5cc(-c6ccc(OCC[C@H](C)CCCC(C)C)cc6)no5)c4)on3)cc2)[nH]1. The van der Waals surface area contributed by atoms with Crippen LogP contribution in [0.3, 0.4) is 0 Å². The van der Waals surface area contributed by atoms with Crippen LogP contribution in [-0.2, 0) is 0 Å². The molecule has 0 saturated heterocycles. The van der Waals surface area contributed by atoms with Crippen molar-refractivity contribution in [2.75, 3.05) is 23.8 Å². The van der Waals surface area contributed by atoms with Gasteiger partial charge < -0.3 is 33.3 Å². The number of rotatable bonds is 24. The van der Waals surface area contributed by atoms with Gasteiger partial charge in [-0.2, -0.15) is 4.98 Å². The van der Waals surface area contributed by atoms with Crippen LogP contribution >= 0.6 is 0 Å². The molecule has 2 atom stereocenters. The van der Waals surface area contributed by atoms with E-state index in [9.17, 15) is 9.59 Å². The number of ether oxygens (including phenoxy) is 2. The number of aryl methyl sites for hydroxylation is 1. The van der Waals surface area contributed by atoms with Crippen LogP contribution in [0.2, 0.25) is 0 Å². The number of anilines is 2. The molecule has 0 aliphatic heterocycles. The lowest BCUT2D eigenvalue weighted by molar-refractivity contribution is 0.262. The number of H-pyrrole nitrogens is 1. The van der Waals surface area contributed by atoms with Crippen molar-refractivity contribution >= 4 is 17.7 Å². The van der Waals surface area contributed by atoms with E-state index < -0.39 is 11.6 Å². The highest BCUT2D eigenvalue weighted by Gasteiger charge is 2.19. The summed E-state index contributed by atoms with van der Waals surface area (Å²) in [4.78, 5) is 31.1. The van der Waals surface area contributed by atoms with E-state index >= 15 is 0 Å². The van der Waals surface area contributed by atoms with E-state index in [2.05, 4.69) is 77.6 Å². The summed E-state index contributed by atoms with van der Waals surface area (Å²) in [5.41, 5.74) is 7.30. The van der Waals surface area contributed by atoms with Gasteiger partial charge in [-0.05, 0) is 122 Å². The monoisotopic (exact) mass is 986 g/mol. The molecule has 0 fully saturated rings. The van der Waals surface area contributed by atoms with E-state index in [1.807, 2.05) is 97.1 Å². The first-order chi connectivity index (χ1) is 35.3. The molecule has 3 N–H and O–H groups in total. The van der Waals surface area contributed by atoms with Crippen LogP contribution in [0.25, 0.3) is 67.7 Å². The largest absolute Gasteiger partial charge is 0.494 e. The fourth-order valence-corrected chi connectivity index (χ4v) is 8.57. The van der Waals surface area contributed by atoms with Gasteiger partial charge in [0.25, 0.3) is 5.56 Å². The number of nitrogens with zero attached hydrogens (tertiary/aromatic N) is 4. The third-order valence-corrected chi connectivity index (χ3v) is 12.9. The minimum absolute atomic E-state index is 0.0481. The van der Waals surface area contributed by atoms with Crippen LogP contribution < -0.4 is 25.7 Å². The number of carbonyl (C=O) groups is 1. The van der Waals surface area contributed by atoms with Gasteiger partial charge in [0.1, 0.15) is 28.6 Å². The highest BCUT2D eigenvalue weighted by Crippen LogP contribution is 2.37. The Morgan fingerprint density at radius 1 is 0.521 bits per heavy atom. The maximum atomic E-state index is 12.7. The summed E-state index contributed by atoms with van der Waals surface area (Å²) in [5.74, 6) is 5.99. The molecule has 14 heteroatoms. The van der Waals surface area contributed by atoms with Crippen molar-refractivity contribution in [1.29, 1.82) is 0 Å². The summed E-state index contributed by atoms with van der Waals surface area (Å²) in [6.45, 7) is 16.8. The van der Waals surface area contributed by atoms with Gasteiger partial charge in [0, 0.05) is 69.0 Å². The van der Waals surface area contributed by atoms with E-state index in [1.54, 1.807) is 19.1 Å². The van der Waals surface area contributed by atoms with E-state index in [0.29, 0.717) is 76.4 Å². The first-order valence-electron chi connectivity index (χ1n) is 25.6. The number of aromatic amines is 1. The average molecular weight is 986 g/mol. The van der Waals surface area contributed by atoms with Gasteiger partial charge in [-0.1, -0.05) is 108 Å². The minimum Gasteiger partial charge on any atom is -0.494 e. The van der Waals surface area contributed by atoms with E-state index in [1.165, 1.54) is 44.6 Å². The van der Waals surface area contributed by atoms with Crippen LogP contribution in [-0.4, -0.2) is 44.7 Å². The maximum absolute atomic E-state index is 12.7. The highest BCUT2D eigenvalue weighted by atomic mass is 16.5. The summed E-state index contributed by atoms with van der Waals surface area (Å²) in [7, 11) is 0. The Bertz CT molecular complexity index is 2950. The fraction of sp³-hybridized carbons (Fsp3) is 0.356. The predicted octanol–water partition coefficient (Wildman–Crippen LogP) is 15.2. The lowest BCUT2D eigenvalue weighted by Gasteiger charge is -2.13. The normalized spacial score (nSPS) is 12.3. The molecule has 14 nitrogen and oxygen atoms in total. The van der Waals surface area contributed by atoms with E-state index in [0.717, 1.165) is 64.0 Å². The van der Waals surface area contributed by atoms with Crippen LogP contribution in [0.15, 0.2) is 134 Å². The summed E-state index contributed by atoms with van der Waals surface area (Å²) >= 11 is 0. The predicted molar refractivity (Wildman–Crippen MR) is 287 cm³/mol. The number of hydrogen-bond acceptors (Lipinski definition) is 11. The molecule has 4 aromatic heterocycles. The van der Waals surface area contributed by atoms with Crippen LogP contribution in [0.1, 0.15) is 98.6 Å². The summed E-state index contributed by atoms with van der Waals surface area (Å²) in [6.07, 6.45) is 9.52. The third-order valence-electron chi connectivity index (χ3n) is 12.9. The standard InChI is InChI=1S/C59H67N7O7/c1-37(2)10-8-12-39(5)26-28-69-49-22-16-43(17-23-49)52-35-55(72-65-52)46-31-45(54-34-51(64-71-54)42-14-20-48(21-15-42)61-59(68)63-58-60-41(7)30-57(67)62-58)32-47(33-46)56-36-53(66-73-56)44-18-24-50(25-19-44)70-29-27-40(6)13-9-11-38(3)4/h14-25,30-40H,8-13,26-29H2,1-7H3,(H3,60,61,62,63,67,68)/t39-,40-/m1/s1. The minimum atomic E-state index is -0.559. The van der Waals surface area contributed by atoms with Crippen molar-refractivity contribution in [2.24, 2.45) is 23.7 Å². The zero-order valence-corrected chi connectivity index (χ0v) is 43.0. The average Bonchev–Trinajstić information content (AvgIpc) is 4.17. The Morgan fingerprint density at radius 3 is 1.33 bits per heavy atom. The maximum Gasteiger partial charge on any atom is 0.326 e. The lowest BCUT2D eigenvalue weighted by atomic mass is 9.98. The molecule has 8 rings (SSSR count). The zero-order valence-electron chi connectivity index (χ0n) is 43.0. The zero-order chi connectivity index (χ0) is 51.3. The van der Waals surface area contributed by atoms with Crippen LogP contribution in [0, 0.1) is 30.6 Å². The fourth-order valence-electron chi connectivity index (χ4n) is 8.57. The van der Waals surface area contributed by atoms with Gasteiger partial charge >= 0.3 is 6.03 Å². The van der Waals surface area contributed by atoms with E-state index in [-0.39, 0.29) is 5.95 Å². The molecular formula is C59H67N7O7. The molecular weight excluding hydrogens is 919 g/mol. The van der Waals surface area contributed by atoms with Gasteiger partial charge in [0.05, 0.1) is 13.2 Å². The first-order valence-corrected chi connectivity index (χ1v) is 25.6. The van der Waals surface area contributed by atoms with Crippen molar-refractivity contribution in [2.45, 2.75) is 99.8 Å². The Balaban J connectivity index is 0.988. The lowest BCUT2D eigenvalue weighted by Crippen LogP contribution is -2.23. The van der Waals surface area contributed by atoms with Crippen molar-refractivity contribution in [3.05, 3.63) is 131 Å². The number of carbonyl (C=O) groups excluding carboxylic acids is 1. The van der Waals surface area contributed by atoms with Gasteiger partial charge in [-0.3, -0.25) is 10.1 Å². The Kier molecular flexibility index (Phi) is 17.4. The van der Waals surface area contributed by atoms with Gasteiger partial charge in [0.2, 0.25) is 5.95 Å². The number of urea groups is 1. The van der Waals surface area contributed by atoms with Gasteiger partial charge in [0.15, 0.2) is 17.3 Å². The molecule has 0 bridgehead atoms. The summed E-state index contributed by atoms with van der Waals surface area (Å²) < 4.78 is 30.3. The van der Waals surface area contributed by atoms with Crippen LogP contribution in [0.5, 0.6) is 11.5 Å². The number of hydrogen-bond donors (Lipinski definition) is 3. The first kappa shape index (κ1) is 51.6. The molecule has 0 unspecified atom stereocenters. The smallest absolute Gasteiger partial charge is 0.326 e. The molecule has 0 aliphatic carbocycles. The Hall–Kier alpha value is -7.74. The number of nitrogens with one attached hydrogen (secondary N) is 3. The Morgan fingerprint density at radius 2 is 0.932 bits per heavy atom. The number of amides is 2. The van der Waals surface area contributed by atoms with Crippen molar-refractivity contribution in [1.82, 2.24) is 25.4 Å². The summed E-state index contributed by atoms with van der Waals surface area (Å²) in [6, 6.07) is 35.4. The second kappa shape index (κ2) is 24.6. The van der Waals surface area contributed by atoms with Crippen molar-refractivity contribution in [3.63, 3.8) is 0 Å². The second-order valence-electron chi connectivity index (χ2n) is 20.1. The topological polar surface area (TPSA) is 183 Å². The highest BCUT2D eigenvalue weighted by molar-refractivity contribution is 5.98. The number of benzene rings is 4. The molecule has 4 heterocycles. The number of aromatic nitrogens is 5. The summed E-state index contributed by atoms with van der Waals surface area (Å²) in [5, 5.41) is 18.7. The van der Waals surface area contributed by atoms with Crippen molar-refractivity contribution in [3.8, 4) is 79.2 Å². The molecule has 4 aromatic carbocycles. The Labute approximate surface area is 427 Å². The second-order valence-corrected chi connectivity index (χ2v) is 20.1. The van der Waals surface area contributed by atoms with Crippen LogP contribution in [0.4, 0.5) is 16.4 Å². The molecule has 0 saturated carbocycles. The molecule has 0 aliphatic rings.